The number of carbonyl (C=O) groups excluding carboxylic acids is 1. The maximum absolute atomic E-state index is 11.4. The molecule has 0 aliphatic heterocycles. The minimum Gasteiger partial charge on any atom is -0.481 e. The van der Waals surface area contributed by atoms with Gasteiger partial charge >= 0.3 is 5.97 Å². The van der Waals surface area contributed by atoms with Crippen LogP contribution < -0.4 is 5.32 Å². The molecular formula is C10H20N2O4. The summed E-state index contributed by atoms with van der Waals surface area (Å²) in [6, 6.07) is 0. The van der Waals surface area contributed by atoms with Crippen LogP contribution >= 0.6 is 0 Å². The van der Waals surface area contributed by atoms with Gasteiger partial charge in [-0.2, -0.15) is 0 Å². The lowest BCUT2D eigenvalue weighted by atomic mass is 10.3. The van der Waals surface area contributed by atoms with Crippen molar-refractivity contribution >= 4 is 11.9 Å². The fraction of sp³-hybridized carbons (Fsp3) is 0.800. The van der Waals surface area contributed by atoms with Crippen molar-refractivity contribution in [2.24, 2.45) is 0 Å². The molecule has 6 heteroatoms. The predicted molar refractivity (Wildman–Crippen MR) is 59.3 cm³/mol. The number of nitrogens with zero attached hydrogens (tertiary/aromatic N) is 1. The van der Waals surface area contributed by atoms with Gasteiger partial charge < -0.3 is 15.2 Å². The molecule has 0 aliphatic rings. The summed E-state index contributed by atoms with van der Waals surface area (Å²) < 4.78 is 4.80. The van der Waals surface area contributed by atoms with Gasteiger partial charge in [0.05, 0.1) is 19.6 Å². The van der Waals surface area contributed by atoms with Crippen molar-refractivity contribution in [1.29, 1.82) is 0 Å². The third-order valence-electron chi connectivity index (χ3n) is 2.08. The van der Waals surface area contributed by atoms with E-state index in [4.69, 9.17) is 9.84 Å². The maximum Gasteiger partial charge on any atom is 0.304 e. The molecule has 0 atom stereocenters. The first-order valence-electron chi connectivity index (χ1n) is 5.30. The van der Waals surface area contributed by atoms with Gasteiger partial charge in [-0.25, -0.2) is 0 Å². The standard InChI is InChI=1S/C10H20N2O4/c1-3-12(6-4-10(14)15)8-9(13)11-5-7-16-2/h3-8H2,1-2H3,(H,11,13)(H,14,15). The fourth-order valence-corrected chi connectivity index (χ4v) is 1.15. The van der Waals surface area contributed by atoms with Crippen molar-refractivity contribution in [1.82, 2.24) is 10.2 Å². The average molecular weight is 232 g/mol. The molecule has 0 bridgehead atoms. The van der Waals surface area contributed by atoms with E-state index in [-0.39, 0.29) is 18.9 Å². The van der Waals surface area contributed by atoms with Crippen LogP contribution in [-0.2, 0) is 14.3 Å². The lowest BCUT2D eigenvalue weighted by Crippen LogP contribution is -2.39. The van der Waals surface area contributed by atoms with Crippen molar-refractivity contribution in [3.8, 4) is 0 Å². The van der Waals surface area contributed by atoms with Gasteiger partial charge in [0.2, 0.25) is 5.91 Å². The lowest BCUT2D eigenvalue weighted by molar-refractivity contribution is -0.137. The van der Waals surface area contributed by atoms with Crippen molar-refractivity contribution < 1.29 is 19.4 Å². The Hall–Kier alpha value is -1.14. The number of carboxylic acids is 1. The molecule has 1 amide bonds. The molecule has 0 heterocycles. The van der Waals surface area contributed by atoms with Crippen molar-refractivity contribution in [3.05, 3.63) is 0 Å². The van der Waals surface area contributed by atoms with Crippen LogP contribution in [0.3, 0.4) is 0 Å². The van der Waals surface area contributed by atoms with Crippen molar-refractivity contribution in [2.45, 2.75) is 13.3 Å². The molecule has 0 aromatic carbocycles. The van der Waals surface area contributed by atoms with E-state index in [1.807, 2.05) is 6.92 Å². The predicted octanol–water partition coefficient (Wildman–Crippen LogP) is -0.454. The first kappa shape index (κ1) is 14.9. The zero-order valence-electron chi connectivity index (χ0n) is 9.86. The van der Waals surface area contributed by atoms with Crippen LogP contribution in [-0.4, -0.2) is 61.8 Å². The molecule has 0 saturated carbocycles. The number of ether oxygens (including phenoxy) is 1. The Labute approximate surface area is 95.6 Å². The Balaban J connectivity index is 3.74. The molecule has 0 saturated heterocycles. The Morgan fingerprint density at radius 3 is 2.62 bits per heavy atom. The number of hydrogen-bond acceptors (Lipinski definition) is 4. The quantitative estimate of drug-likeness (QED) is 0.526. The highest BCUT2D eigenvalue weighted by atomic mass is 16.5. The number of hydrogen-bond donors (Lipinski definition) is 2. The maximum atomic E-state index is 11.4. The van der Waals surface area contributed by atoms with Crippen molar-refractivity contribution in [3.63, 3.8) is 0 Å². The number of aliphatic carboxylic acids is 1. The Morgan fingerprint density at radius 2 is 2.12 bits per heavy atom. The zero-order valence-corrected chi connectivity index (χ0v) is 9.86. The summed E-state index contributed by atoms with van der Waals surface area (Å²) in [5, 5.41) is 11.2. The molecule has 6 nitrogen and oxygen atoms in total. The number of nitrogens with one attached hydrogen (secondary N) is 1. The molecule has 2 N–H and O–H groups in total. The van der Waals surface area contributed by atoms with Crippen LogP contribution in [0, 0.1) is 0 Å². The lowest BCUT2D eigenvalue weighted by Gasteiger charge is -2.18. The summed E-state index contributed by atoms with van der Waals surface area (Å²) >= 11 is 0. The largest absolute Gasteiger partial charge is 0.481 e. The molecule has 0 aromatic heterocycles. The number of amides is 1. The number of carbonyl (C=O) groups is 2. The monoisotopic (exact) mass is 232 g/mol. The summed E-state index contributed by atoms with van der Waals surface area (Å²) in [6.07, 6.45) is 0.0548. The third kappa shape index (κ3) is 8.19. The van der Waals surface area contributed by atoms with Crippen LogP contribution in [0.25, 0.3) is 0 Å². The van der Waals surface area contributed by atoms with Crippen LogP contribution in [0.4, 0.5) is 0 Å². The SMILES string of the molecule is CCN(CCC(=O)O)CC(=O)NCCOC. The molecule has 0 unspecified atom stereocenters. The molecule has 0 aromatic rings. The van der Waals surface area contributed by atoms with Crippen LogP contribution in [0.15, 0.2) is 0 Å². The van der Waals surface area contributed by atoms with E-state index in [1.54, 1.807) is 12.0 Å². The smallest absolute Gasteiger partial charge is 0.304 e. The van der Waals surface area contributed by atoms with Gasteiger partial charge in [0, 0.05) is 20.2 Å². The van der Waals surface area contributed by atoms with Gasteiger partial charge in [0.25, 0.3) is 0 Å². The highest BCUT2D eigenvalue weighted by Crippen LogP contribution is 1.91. The Morgan fingerprint density at radius 1 is 1.44 bits per heavy atom. The summed E-state index contributed by atoms with van der Waals surface area (Å²) in [4.78, 5) is 23.5. The number of likely N-dealkylation sites (N-methyl/N-ethyl adjacent to an activating group) is 1. The van der Waals surface area contributed by atoms with E-state index in [9.17, 15) is 9.59 Å². The molecule has 16 heavy (non-hydrogen) atoms. The van der Waals surface area contributed by atoms with E-state index in [0.717, 1.165) is 0 Å². The molecule has 0 rings (SSSR count). The van der Waals surface area contributed by atoms with E-state index in [1.165, 1.54) is 0 Å². The number of rotatable bonds is 9. The first-order valence-corrected chi connectivity index (χ1v) is 5.30. The summed E-state index contributed by atoms with van der Waals surface area (Å²) in [5.74, 6) is -0.956. The molecule has 0 aliphatic carbocycles. The van der Waals surface area contributed by atoms with E-state index in [2.05, 4.69) is 5.32 Å². The average Bonchev–Trinajstić information content (AvgIpc) is 2.24. The molecule has 0 fully saturated rings. The second-order valence-corrected chi connectivity index (χ2v) is 3.36. The molecule has 0 radical (unpaired) electrons. The van der Waals surface area contributed by atoms with E-state index in [0.29, 0.717) is 26.2 Å². The summed E-state index contributed by atoms with van der Waals surface area (Å²) in [5.41, 5.74) is 0. The highest BCUT2D eigenvalue weighted by molar-refractivity contribution is 5.78. The fourth-order valence-electron chi connectivity index (χ4n) is 1.15. The van der Waals surface area contributed by atoms with Gasteiger partial charge in [0.15, 0.2) is 0 Å². The summed E-state index contributed by atoms with van der Waals surface area (Å²) in [6.45, 7) is 4.13. The third-order valence-corrected chi connectivity index (χ3v) is 2.08. The first-order chi connectivity index (χ1) is 7.60. The number of carboxylic acid groups (broad SMARTS) is 1. The zero-order chi connectivity index (χ0) is 12.4. The van der Waals surface area contributed by atoms with Crippen LogP contribution in [0.1, 0.15) is 13.3 Å². The van der Waals surface area contributed by atoms with Gasteiger partial charge in [-0.15, -0.1) is 0 Å². The highest BCUT2D eigenvalue weighted by Gasteiger charge is 2.09. The number of methoxy groups -OCH3 is 1. The Bertz CT molecular complexity index is 221. The van der Waals surface area contributed by atoms with E-state index < -0.39 is 5.97 Å². The van der Waals surface area contributed by atoms with Crippen LogP contribution in [0.5, 0.6) is 0 Å². The molecule has 0 spiro atoms. The van der Waals surface area contributed by atoms with Crippen LogP contribution in [0.2, 0.25) is 0 Å². The van der Waals surface area contributed by atoms with Gasteiger partial charge in [0.1, 0.15) is 0 Å². The minimum absolute atomic E-state index is 0.0548. The molecule has 94 valence electrons. The second kappa shape index (κ2) is 9.11. The minimum atomic E-state index is -0.849. The Kier molecular flexibility index (Phi) is 8.46. The summed E-state index contributed by atoms with van der Waals surface area (Å²) in [7, 11) is 1.57. The van der Waals surface area contributed by atoms with Crippen molar-refractivity contribution in [2.75, 3.05) is 39.9 Å². The van der Waals surface area contributed by atoms with E-state index >= 15 is 0 Å². The topological polar surface area (TPSA) is 78.9 Å². The normalized spacial score (nSPS) is 10.4. The van der Waals surface area contributed by atoms with Gasteiger partial charge in [-0.05, 0) is 6.54 Å². The molecular weight excluding hydrogens is 212 g/mol. The van der Waals surface area contributed by atoms with Gasteiger partial charge in [-0.1, -0.05) is 6.92 Å². The van der Waals surface area contributed by atoms with Gasteiger partial charge in [-0.3, -0.25) is 14.5 Å². The second-order valence-electron chi connectivity index (χ2n) is 3.36.